The Bertz CT molecular complexity index is 407. The predicted octanol–water partition coefficient (Wildman–Crippen LogP) is -1.85. The molecule has 0 bridgehead atoms. The average molecular weight is 201 g/mol. The van der Waals surface area contributed by atoms with E-state index in [2.05, 4.69) is 22.2 Å². The van der Waals surface area contributed by atoms with Crippen molar-refractivity contribution in [3.8, 4) is 5.88 Å². The predicted molar refractivity (Wildman–Crippen MR) is 48.2 cm³/mol. The number of aromatic nitrogens is 2. The van der Waals surface area contributed by atoms with E-state index in [1.807, 2.05) is 14.1 Å². The molecule has 0 atom stereocenters. The zero-order chi connectivity index (χ0) is 10.0. The standard InChI is InChI=1S/C7H11N3O2S/c1-10(2)3-4-5(11)8-7(13)9-6(4)12/h3H2,1-2H3,(H3,8,9,11,12,13). The molecular weight excluding hydrogens is 190 g/mol. The Kier molecular flexibility index (Phi) is 2.84. The minimum Gasteiger partial charge on any atom is -0.860 e. The van der Waals surface area contributed by atoms with Crippen LogP contribution in [0.4, 0.5) is 0 Å². The van der Waals surface area contributed by atoms with Gasteiger partial charge in [-0.1, -0.05) is 0 Å². The summed E-state index contributed by atoms with van der Waals surface area (Å²) in [5.74, 6) is -0.394. The number of nitrogens with one attached hydrogen (secondary N) is 3. The van der Waals surface area contributed by atoms with E-state index in [9.17, 15) is 9.90 Å². The summed E-state index contributed by atoms with van der Waals surface area (Å²) in [6, 6.07) is 0. The summed E-state index contributed by atoms with van der Waals surface area (Å²) >= 11 is 4.64. The van der Waals surface area contributed by atoms with E-state index in [0.717, 1.165) is 4.90 Å². The van der Waals surface area contributed by atoms with Gasteiger partial charge in [-0.2, -0.15) is 0 Å². The summed E-state index contributed by atoms with van der Waals surface area (Å²) in [6.45, 7) is 0.389. The van der Waals surface area contributed by atoms with Crippen molar-refractivity contribution in [2.75, 3.05) is 14.1 Å². The Hall–Kier alpha value is -1.14. The van der Waals surface area contributed by atoms with Crippen LogP contribution in [0, 0.1) is 4.77 Å². The number of aromatic amines is 2. The number of H-pyrrole nitrogens is 2. The largest absolute Gasteiger partial charge is 0.860 e. The number of rotatable bonds is 2. The number of quaternary nitrogens is 1. The summed E-state index contributed by atoms with van der Waals surface area (Å²) in [5, 5.41) is 11.2. The maximum atomic E-state index is 11.2. The first kappa shape index (κ1) is 9.94. The summed E-state index contributed by atoms with van der Waals surface area (Å²) in [4.78, 5) is 17.0. The van der Waals surface area contributed by atoms with Crippen LogP contribution in [-0.2, 0) is 6.54 Å². The summed E-state index contributed by atoms with van der Waals surface area (Å²) in [6.07, 6.45) is 0. The molecule has 0 amide bonds. The monoisotopic (exact) mass is 201 g/mol. The Morgan fingerprint density at radius 2 is 2.08 bits per heavy atom. The highest BCUT2D eigenvalue weighted by molar-refractivity contribution is 7.71. The van der Waals surface area contributed by atoms with Gasteiger partial charge in [0.15, 0.2) is 4.77 Å². The Balaban J connectivity index is 3.22. The van der Waals surface area contributed by atoms with Crippen LogP contribution in [0.25, 0.3) is 0 Å². The van der Waals surface area contributed by atoms with E-state index >= 15 is 0 Å². The normalized spacial score (nSPS) is 10.7. The Labute approximate surface area is 80.0 Å². The van der Waals surface area contributed by atoms with Crippen molar-refractivity contribution in [2.45, 2.75) is 6.54 Å². The van der Waals surface area contributed by atoms with Gasteiger partial charge in [0.05, 0.1) is 19.7 Å². The molecule has 0 aromatic carbocycles. The van der Waals surface area contributed by atoms with E-state index in [1.54, 1.807) is 0 Å². The van der Waals surface area contributed by atoms with Crippen molar-refractivity contribution in [2.24, 2.45) is 0 Å². The number of hydrogen-bond acceptors (Lipinski definition) is 3. The molecule has 3 N–H and O–H groups in total. The second-order valence-electron chi connectivity index (χ2n) is 3.10. The maximum Gasteiger partial charge on any atom is 0.259 e. The SMILES string of the molecule is C[NH+](C)Cc1c([O-])[nH]c(=S)[nH]c1=O. The van der Waals surface area contributed by atoms with E-state index in [4.69, 9.17) is 0 Å². The third-order valence-electron chi connectivity index (χ3n) is 1.53. The molecule has 1 rings (SSSR count). The van der Waals surface area contributed by atoms with Gasteiger partial charge in [0.25, 0.3) is 5.56 Å². The third kappa shape index (κ3) is 2.40. The first-order valence-electron chi connectivity index (χ1n) is 3.82. The fraction of sp³-hybridized carbons (Fsp3) is 0.429. The maximum absolute atomic E-state index is 11.2. The molecule has 0 aliphatic carbocycles. The highest BCUT2D eigenvalue weighted by Crippen LogP contribution is 1.99. The third-order valence-corrected chi connectivity index (χ3v) is 1.74. The van der Waals surface area contributed by atoms with Gasteiger partial charge in [0.2, 0.25) is 0 Å². The molecule has 0 saturated heterocycles. The molecule has 13 heavy (non-hydrogen) atoms. The van der Waals surface area contributed by atoms with Crippen LogP contribution >= 0.6 is 12.2 Å². The lowest BCUT2D eigenvalue weighted by molar-refractivity contribution is -0.873. The van der Waals surface area contributed by atoms with Crippen LogP contribution < -0.4 is 15.6 Å². The van der Waals surface area contributed by atoms with Crippen LogP contribution in [0.2, 0.25) is 0 Å². The lowest BCUT2D eigenvalue weighted by Crippen LogP contribution is -3.04. The molecule has 0 spiro atoms. The zero-order valence-electron chi connectivity index (χ0n) is 7.43. The lowest BCUT2D eigenvalue weighted by Gasteiger charge is -2.13. The molecule has 5 nitrogen and oxygen atoms in total. The van der Waals surface area contributed by atoms with Crippen molar-refractivity contribution in [3.05, 3.63) is 20.7 Å². The van der Waals surface area contributed by atoms with Crippen molar-refractivity contribution in [1.29, 1.82) is 0 Å². The second kappa shape index (κ2) is 3.71. The van der Waals surface area contributed by atoms with E-state index in [0.29, 0.717) is 6.54 Å². The van der Waals surface area contributed by atoms with Crippen LogP contribution in [0.5, 0.6) is 5.88 Å². The Morgan fingerprint density at radius 1 is 1.46 bits per heavy atom. The molecule has 0 saturated carbocycles. The molecule has 0 fully saturated rings. The minimum absolute atomic E-state index is 0.0764. The lowest BCUT2D eigenvalue weighted by atomic mass is 10.3. The van der Waals surface area contributed by atoms with Crippen LogP contribution in [0.3, 0.4) is 0 Å². The summed E-state index contributed by atoms with van der Waals surface area (Å²) in [7, 11) is 3.72. The average Bonchev–Trinajstić information content (AvgIpc) is 1.96. The molecule has 72 valence electrons. The topological polar surface area (TPSA) is 76.2 Å². The molecule has 1 heterocycles. The molecular formula is C7H11N3O2S. The van der Waals surface area contributed by atoms with Gasteiger partial charge < -0.3 is 15.0 Å². The first-order valence-corrected chi connectivity index (χ1v) is 4.23. The number of hydrogen-bond donors (Lipinski definition) is 3. The molecule has 0 unspecified atom stereocenters. The van der Waals surface area contributed by atoms with Gasteiger partial charge in [-0.15, -0.1) is 0 Å². The first-order chi connectivity index (χ1) is 6.00. The van der Waals surface area contributed by atoms with Crippen molar-refractivity contribution in [3.63, 3.8) is 0 Å². The molecule has 6 heteroatoms. The molecule has 1 aromatic rings. The second-order valence-corrected chi connectivity index (χ2v) is 3.51. The van der Waals surface area contributed by atoms with Gasteiger partial charge in [0.1, 0.15) is 6.54 Å². The van der Waals surface area contributed by atoms with Gasteiger partial charge in [-0.25, -0.2) is 0 Å². The highest BCUT2D eigenvalue weighted by Gasteiger charge is 2.04. The fourth-order valence-electron chi connectivity index (χ4n) is 1.01. The van der Waals surface area contributed by atoms with Crippen molar-refractivity contribution in [1.82, 2.24) is 9.97 Å². The molecule has 0 radical (unpaired) electrons. The minimum atomic E-state index is -0.394. The quantitative estimate of drug-likeness (QED) is 0.492. The van der Waals surface area contributed by atoms with Crippen LogP contribution in [0.15, 0.2) is 4.79 Å². The summed E-state index contributed by atoms with van der Waals surface area (Å²) < 4.78 is 0.0764. The zero-order valence-corrected chi connectivity index (χ0v) is 8.25. The Morgan fingerprint density at radius 3 is 2.54 bits per heavy atom. The van der Waals surface area contributed by atoms with Gasteiger partial charge in [-0.05, 0) is 18.1 Å². The van der Waals surface area contributed by atoms with Gasteiger partial charge in [-0.3, -0.25) is 9.78 Å². The molecule has 1 aromatic heterocycles. The van der Waals surface area contributed by atoms with E-state index in [1.165, 1.54) is 0 Å². The van der Waals surface area contributed by atoms with E-state index in [-0.39, 0.29) is 10.3 Å². The van der Waals surface area contributed by atoms with Crippen LogP contribution in [-0.4, -0.2) is 24.1 Å². The molecule has 0 aliphatic heterocycles. The molecule has 0 aliphatic rings. The van der Waals surface area contributed by atoms with Crippen molar-refractivity contribution >= 4 is 12.2 Å². The van der Waals surface area contributed by atoms with Gasteiger partial charge in [0, 0.05) is 0 Å². The highest BCUT2D eigenvalue weighted by atomic mass is 32.1. The van der Waals surface area contributed by atoms with E-state index < -0.39 is 11.4 Å². The smallest absolute Gasteiger partial charge is 0.259 e. The van der Waals surface area contributed by atoms with Crippen molar-refractivity contribution < 1.29 is 10.0 Å². The van der Waals surface area contributed by atoms with Gasteiger partial charge >= 0.3 is 0 Å². The fourth-order valence-corrected chi connectivity index (χ4v) is 1.19. The van der Waals surface area contributed by atoms with Crippen LogP contribution in [0.1, 0.15) is 5.56 Å². The summed E-state index contributed by atoms with van der Waals surface area (Å²) in [5.41, 5.74) is -0.177.